The lowest BCUT2D eigenvalue weighted by atomic mass is 10.1. The van der Waals surface area contributed by atoms with Gasteiger partial charge in [0.15, 0.2) is 0 Å². The molecule has 0 heterocycles. The minimum atomic E-state index is -0.918. The molecule has 0 aromatic heterocycles. The van der Waals surface area contributed by atoms with Gasteiger partial charge in [-0.2, -0.15) is 0 Å². The molecule has 0 atom stereocenters. The monoisotopic (exact) mass is 207 g/mol. The van der Waals surface area contributed by atoms with Crippen LogP contribution in [0.25, 0.3) is 0 Å². The van der Waals surface area contributed by atoms with Gasteiger partial charge in [0, 0.05) is 12.7 Å². The summed E-state index contributed by atoms with van der Waals surface area (Å²) in [6, 6.07) is 7.65. The quantitative estimate of drug-likeness (QED) is 0.823. The molecule has 0 aliphatic carbocycles. The zero-order chi connectivity index (χ0) is 11.3. The van der Waals surface area contributed by atoms with E-state index >= 15 is 0 Å². The first kappa shape index (κ1) is 11.6. The number of rotatable bonds is 4. The summed E-state index contributed by atoms with van der Waals surface area (Å²) in [5.74, 6) is 0. The van der Waals surface area contributed by atoms with E-state index in [1.54, 1.807) is 7.05 Å². The van der Waals surface area contributed by atoms with Gasteiger partial charge in [-0.05, 0) is 24.5 Å². The molecule has 1 amide bonds. The van der Waals surface area contributed by atoms with Gasteiger partial charge in [-0.1, -0.05) is 31.5 Å². The summed E-state index contributed by atoms with van der Waals surface area (Å²) < 4.78 is 0. The third-order valence-electron chi connectivity index (χ3n) is 2.44. The number of aryl methyl sites for hydroxylation is 1. The number of para-hydroxylation sites is 1. The molecular formula is C12H17NO2. The SMILES string of the molecule is CCCCc1ccccc1N(C)C(=O)O. The Kier molecular flexibility index (Phi) is 4.16. The zero-order valence-corrected chi connectivity index (χ0v) is 9.23. The van der Waals surface area contributed by atoms with Crippen LogP contribution in [-0.2, 0) is 6.42 Å². The normalized spacial score (nSPS) is 10.0. The molecule has 3 nitrogen and oxygen atoms in total. The van der Waals surface area contributed by atoms with E-state index in [4.69, 9.17) is 5.11 Å². The van der Waals surface area contributed by atoms with E-state index in [2.05, 4.69) is 6.92 Å². The van der Waals surface area contributed by atoms with Crippen LogP contribution in [0.4, 0.5) is 10.5 Å². The first-order valence-corrected chi connectivity index (χ1v) is 5.21. The molecule has 3 heteroatoms. The van der Waals surface area contributed by atoms with Crippen molar-refractivity contribution in [3.8, 4) is 0 Å². The lowest BCUT2D eigenvalue weighted by Crippen LogP contribution is -2.24. The van der Waals surface area contributed by atoms with E-state index in [0.717, 1.165) is 30.5 Å². The Morgan fingerprint density at radius 3 is 2.67 bits per heavy atom. The summed E-state index contributed by atoms with van der Waals surface area (Å²) in [7, 11) is 1.58. The molecular weight excluding hydrogens is 190 g/mol. The van der Waals surface area contributed by atoms with Gasteiger partial charge in [-0.15, -0.1) is 0 Å². The number of anilines is 1. The molecule has 82 valence electrons. The Bertz CT molecular complexity index is 336. The Balaban J connectivity index is 2.90. The van der Waals surface area contributed by atoms with E-state index < -0.39 is 6.09 Å². The second-order valence-corrected chi connectivity index (χ2v) is 3.57. The average molecular weight is 207 g/mol. The van der Waals surface area contributed by atoms with Crippen molar-refractivity contribution in [1.82, 2.24) is 0 Å². The van der Waals surface area contributed by atoms with Gasteiger partial charge >= 0.3 is 6.09 Å². The molecule has 1 N–H and O–H groups in total. The predicted octanol–water partition coefficient (Wildman–Crippen LogP) is 3.14. The fraction of sp³-hybridized carbons (Fsp3) is 0.417. The largest absolute Gasteiger partial charge is 0.465 e. The van der Waals surface area contributed by atoms with Crippen molar-refractivity contribution in [2.75, 3.05) is 11.9 Å². The number of hydrogen-bond acceptors (Lipinski definition) is 1. The number of carboxylic acid groups (broad SMARTS) is 1. The van der Waals surface area contributed by atoms with Crippen LogP contribution in [0, 0.1) is 0 Å². The van der Waals surface area contributed by atoms with Gasteiger partial charge in [-0.3, -0.25) is 4.90 Å². The fourth-order valence-electron chi connectivity index (χ4n) is 1.52. The molecule has 0 fully saturated rings. The highest BCUT2D eigenvalue weighted by atomic mass is 16.4. The highest BCUT2D eigenvalue weighted by Crippen LogP contribution is 2.21. The zero-order valence-electron chi connectivity index (χ0n) is 9.23. The summed E-state index contributed by atoms with van der Waals surface area (Å²) in [4.78, 5) is 12.1. The molecule has 1 aromatic rings. The summed E-state index contributed by atoms with van der Waals surface area (Å²) >= 11 is 0. The number of benzene rings is 1. The lowest BCUT2D eigenvalue weighted by Gasteiger charge is -2.17. The maximum atomic E-state index is 10.9. The van der Waals surface area contributed by atoms with Gasteiger partial charge in [-0.25, -0.2) is 4.79 Å². The van der Waals surface area contributed by atoms with Crippen LogP contribution >= 0.6 is 0 Å². The molecule has 0 saturated carbocycles. The number of nitrogens with zero attached hydrogens (tertiary/aromatic N) is 1. The van der Waals surface area contributed by atoms with E-state index in [0.29, 0.717) is 0 Å². The molecule has 15 heavy (non-hydrogen) atoms. The molecule has 0 aliphatic rings. The molecule has 0 unspecified atom stereocenters. The molecule has 1 aromatic carbocycles. The molecule has 0 saturated heterocycles. The van der Waals surface area contributed by atoms with Crippen molar-refractivity contribution in [2.24, 2.45) is 0 Å². The molecule has 0 aliphatic heterocycles. The van der Waals surface area contributed by atoms with Crippen LogP contribution in [0.1, 0.15) is 25.3 Å². The number of carbonyl (C=O) groups is 1. The van der Waals surface area contributed by atoms with Crippen molar-refractivity contribution in [3.05, 3.63) is 29.8 Å². The lowest BCUT2D eigenvalue weighted by molar-refractivity contribution is 0.203. The topological polar surface area (TPSA) is 40.5 Å². The highest BCUT2D eigenvalue weighted by molar-refractivity contribution is 5.86. The molecule has 0 radical (unpaired) electrons. The van der Waals surface area contributed by atoms with Crippen LogP contribution in [0.2, 0.25) is 0 Å². The highest BCUT2D eigenvalue weighted by Gasteiger charge is 2.11. The van der Waals surface area contributed by atoms with Gasteiger partial charge < -0.3 is 5.11 Å². The van der Waals surface area contributed by atoms with Gasteiger partial charge in [0.2, 0.25) is 0 Å². The van der Waals surface area contributed by atoms with Gasteiger partial charge in [0.05, 0.1) is 0 Å². The van der Waals surface area contributed by atoms with Crippen LogP contribution in [-0.4, -0.2) is 18.2 Å². The fourth-order valence-corrected chi connectivity index (χ4v) is 1.52. The summed E-state index contributed by atoms with van der Waals surface area (Å²) in [5.41, 5.74) is 1.89. The minimum Gasteiger partial charge on any atom is -0.465 e. The van der Waals surface area contributed by atoms with Crippen molar-refractivity contribution in [3.63, 3.8) is 0 Å². The number of unbranched alkanes of at least 4 members (excludes halogenated alkanes) is 1. The minimum absolute atomic E-state index is 0.790. The second kappa shape index (κ2) is 5.39. The van der Waals surface area contributed by atoms with Gasteiger partial charge in [0.1, 0.15) is 0 Å². The first-order valence-electron chi connectivity index (χ1n) is 5.21. The second-order valence-electron chi connectivity index (χ2n) is 3.57. The third-order valence-corrected chi connectivity index (χ3v) is 2.44. The Labute approximate surface area is 90.3 Å². The summed E-state index contributed by atoms with van der Waals surface area (Å²) in [5, 5.41) is 8.91. The third kappa shape index (κ3) is 2.98. The Hall–Kier alpha value is -1.51. The van der Waals surface area contributed by atoms with Crippen molar-refractivity contribution >= 4 is 11.8 Å². The van der Waals surface area contributed by atoms with Crippen molar-refractivity contribution in [1.29, 1.82) is 0 Å². The first-order chi connectivity index (χ1) is 7.16. The average Bonchev–Trinajstić information content (AvgIpc) is 2.25. The van der Waals surface area contributed by atoms with Crippen LogP contribution in [0.3, 0.4) is 0 Å². The van der Waals surface area contributed by atoms with Crippen LogP contribution < -0.4 is 4.90 Å². The molecule has 0 spiro atoms. The van der Waals surface area contributed by atoms with E-state index in [9.17, 15) is 4.79 Å². The predicted molar refractivity (Wildman–Crippen MR) is 61.5 cm³/mol. The summed E-state index contributed by atoms with van der Waals surface area (Å²) in [6.45, 7) is 2.13. The van der Waals surface area contributed by atoms with Crippen molar-refractivity contribution < 1.29 is 9.90 Å². The van der Waals surface area contributed by atoms with E-state index in [-0.39, 0.29) is 0 Å². The smallest absolute Gasteiger partial charge is 0.411 e. The van der Waals surface area contributed by atoms with Crippen LogP contribution in [0.15, 0.2) is 24.3 Å². The Morgan fingerprint density at radius 1 is 1.40 bits per heavy atom. The van der Waals surface area contributed by atoms with E-state index in [1.165, 1.54) is 4.90 Å². The van der Waals surface area contributed by atoms with Crippen molar-refractivity contribution in [2.45, 2.75) is 26.2 Å². The molecule has 0 bridgehead atoms. The maximum absolute atomic E-state index is 10.9. The Morgan fingerprint density at radius 2 is 2.07 bits per heavy atom. The standard InChI is InChI=1S/C12H17NO2/c1-3-4-7-10-8-5-6-9-11(10)13(2)12(14)15/h5-6,8-9H,3-4,7H2,1-2H3,(H,14,15). The van der Waals surface area contributed by atoms with Crippen LogP contribution in [0.5, 0.6) is 0 Å². The van der Waals surface area contributed by atoms with Gasteiger partial charge in [0.25, 0.3) is 0 Å². The number of hydrogen-bond donors (Lipinski definition) is 1. The maximum Gasteiger partial charge on any atom is 0.411 e. The van der Waals surface area contributed by atoms with E-state index in [1.807, 2.05) is 24.3 Å². The summed E-state index contributed by atoms with van der Waals surface area (Å²) in [6.07, 6.45) is 2.22. The molecule has 1 rings (SSSR count). The number of amides is 1.